The van der Waals surface area contributed by atoms with Crippen molar-refractivity contribution in [2.75, 3.05) is 13.7 Å². The van der Waals surface area contributed by atoms with Crippen LogP contribution in [0.25, 0.3) is 0 Å². The average Bonchev–Trinajstić information content (AvgIpc) is 2.97. The smallest absolute Gasteiger partial charge is 0.251 e. The Bertz CT molecular complexity index is 453. The van der Waals surface area contributed by atoms with Crippen LogP contribution in [0, 0.1) is 0 Å². The maximum Gasteiger partial charge on any atom is 0.251 e. The SMILES string of the molecule is CCCOc1ccc(C(=O)NC2CCCC2)cc1OC. The highest BCUT2D eigenvalue weighted by Gasteiger charge is 2.18. The zero-order chi connectivity index (χ0) is 14.4. The van der Waals surface area contributed by atoms with E-state index in [0.717, 1.165) is 19.3 Å². The number of hydrogen-bond donors (Lipinski definition) is 1. The average molecular weight is 277 g/mol. The standard InChI is InChI=1S/C16H23NO3/c1-3-10-20-14-9-8-12(11-15(14)19-2)16(18)17-13-6-4-5-7-13/h8-9,11,13H,3-7,10H2,1-2H3,(H,17,18). The van der Waals surface area contributed by atoms with E-state index in [4.69, 9.17) is 9.47 Å². The van der Waals surface area contributed by atoms with Crippen LogP contribution in [0.3, 0.4) is 0 Å². The van der Waals surface area contributed by atoms with Gasteiger partial charge in [0.05, 0.1) is 13.7 Å². The number of nitrogens with one attached hydrogen (secondary N) is 1. The van der Waals surface area contributed by atoms with Gasteiger partial charge in [-0.3, -0.25) is 4.79 Å². The minimum absolute atomic E-state index is 0.0303. The lowest BCUT2D eigenvalue weighted by molar-refractivity contribution is 0.0937. The Balaban J connectivity index is 2.05. The zero-order valence-corrected chi connectivity index (χ0v) is 12.3. The Kier molecular flexibility index (Phi) is 5.27. The number of amides is 1. The Morgan fingerprint density at radius 1 is 1.30 bits per heavy atom. The molecule has 4 nitrogen and oxygen atoms in total. The zero-order valence-electron chi connectivity index (χ0n) is 12.3. The number of benzene rings is 1. The van der Waals surface area contributed by atoms with E-state index in [-0.39, 0.29) is 5.91 Å². The second kappa shape index (κ2) is 7.17. The number of rotatable bonds is 6. The van der Waals surface area contributed by atoms with Gasteiger partial charge in [0.25, 0.3) is 5.91 Å². The summed E-state index contributed by atoms with van der Waals surface area (Å²) in [5.74, 6) is 1.27. The van der Waals surface area contributed by atoms with Crippen LogP contribution in [0.4, 0.5) is 0 Å². The maximum atomic E-state index is 12.2. The van der Waals surface area contributed by atoms with Crippen molar-refractivity contribution in [2.24, 2.45) is 0 Å². The lowest BCUT2D eigenvalue weighted by atomic mass is 10.1. The summed E-state index contributed by atoms with van der Waals surface area (Å²) in [5, 5.41) is 3.07. The van der Waals surface area contributed by atoms with Gasteiger partial charge in [0.2, 0.25) is 0 Å². The highest BCUT2D eigenvalue weighted by Crippen LogP contribution is 2.28. The van der Waals surface area contributed by atoms with Gasteiger partial charge in [-0.05, 0) is 37.5 Å². The second-order valence-electron chi connectivity index (χ2n) is 5.17. The third-order valence-electron chi connectivity index (χ3n) is 3.58. The van der Waals surface area contributed by atoms with Crippen LogP contribution in [0.1, 0.15) is 49.4 Å². The first-order valence-corrected chi connectivity index (χ1v) is 7.36. The maximum absolute atomic E-state index is 12.2. The highest BCUT2D eigenvalue weighted by molar-refractivity contribution is 5.95. The first-order valence-electron chi connectivity index (χ1n) is 7.36. The van der Waals surface area contributed by atoms with Crippen LogP contribution in [0.2, 0.25) is 0 Å². The number of carbonyl (C=O) groups excluding carboxylic acids is 1. The highest BCUT2D eigenvalue weighted by atomic mass is 16.5. The second-order valence-corrected chi connectivity index (χ2v) is 5.17. The summed E-state index contributed by atoms with van der Waals surface area (Å²) in [6.07, 6.45) is 5.52. The number of carbonyl (C=O) groups is 1. The van der Waals surface area contributed by atoms with Crippen molar-refractivity contribution < 1.29 is 14.3 Å². The molecule has 1 aliphatic carbocycles. The molecular formula is C16H23NO3. The molecule has 0 aliphatic heterocycles. The van der Waals surface area contributed by atoms with Crippen LogP contribution in [-0.4, -0.2) is 25.7 Å². The molecule has 4 heteroatoms. The predicted octanol–water partition coefficient (Wildman–Crippen LogP) is 3.16. The van der Waals surface area contributed by atoms with Gasteiger partial charge in [-0.2, -0.15) is 0 Å². The van der Waals surface area contributed by atoms with E-state index in [1.165, 1.54) is 12.8 Å². The molecule has 1 aromatic carbocycles. The van der Waals surface area contributed by atoms with E-state index in [1.807, 2.05) is 0 Å². The summed E-state index contributed by atoms with van der Waals surface area (Å²) in [4.78, 5) is 12.2. The molecule has 1 saturated carbocycles. The minimum atomic E-state index is -0.0303. The predicted molar refractivity (Wildman–Crippen MR) is 78.5 cm³/mol. The van der Waals surface area contributed by atoms with Gasteiger partial charge >= 0.3 is 0 Å². The van der Waals surface area contributed by atoms with E-state index in [0.29, 0.717) is 29.7 Å². The van der Waals surface area contributed by atoms with Gasteiger partial charge in [-0.1, -0.05) is 19.8 Å². The van der Waals surface area contributed by atoms with Crippen molar-refractivity contribution in [3.05, 3.63) is 23.8 Å². The van der Waals surface area contributed by atoms with Crippen molar-refractivity contribution >= 4 is 5.91 Å². The summed E-state index contributed by atoms with van der Waals surface area (Å²) in [7, 11) is 1.59. The van der Waals surface area contributed by atoms with E-state index in [1.54, 1.807) is 25.3 Å². The van der Waals surface area contributed by atoms with Gasteiger partial charge in [0.15, 0.2) is 11.5 Å². The summed E-state index contributed by atoms with van der Waals surface area (Å²) < 4.78 is 10.9. The fourth-order valence-electron chi connectivity index (χ4n) is 2.48. The van der Waals surface area contributed by atoms with Crippen LogP contribution in [0.15, 0.2) is 18.2 Å². The van der Waals surface area contributed by atoms with E-state index in [2.05, 4.69) is 12.2 Å². The van der Waals surface area contributed by atoms with Gasteiger partial charge in [0.1, 0.15) is 0 Å². The molecule has 0 spiro atoms. The number of hydrogen-bond acceptors (Lipinski definition) is 3. The normalized spacial score (nSPS) is 15.1. The lowest BCUT2D eigenvalue weighted by Gasteiger charge is -2.14. The molecule has 2 rings (SSSR count). The molecule has 0 bridgehead atoms. The van der Waals surface area contributed by atoms with E-state index >= 15 is 0 Å². The van der Waals surface area contributed by atoms with Crippen molar-refractivity contribution in [3.63, 3.8) is 0 Å². The molecule has 0 aromatic heterocycles. The lowest BCUT2D eigenvalue weighted by Crippen LogP contribution is -2.32. The van der Waals surface area contributed by atoms with E-state index in [9.17, 15) is 4.79 Å². The number of ether oxygens (including phenoxy) is 2. The molecule has 1 N–H and O–H groups in total. The molecule has 1 aromatic rings. The summed E-state index contributed by atoms with van der Waals surface area (Å²) in [5.41, 5.74) is 0.623. The Morgan fingerprint density at radius 3 is 2.70 bits per heavy atom. The molecule has 20 heavy (non-hydrogen) atoms. The van der Waals surface area contributed by atoms with Gasteiger partial charge in [-0.25, -0.2) is 0 Å². The first-order chi connectivity index (χ1) is 9.74. The Labute approximate surface area is 120 Å². The summed E-state index contributed by atoms with van der Waals surface area (Å²) in [6, 6.07) is 5.66. The van der Waals surface area contributed by atoms with Gasteiger partial charge in [-0.15, -0.1) is 0 Å². The van der Waals surface area contributed by atoms with Gasteiger partial charge < -0.3 is 14.8 Å². The first kappa shape index (κ1) is 14.7. The molecular weight excluding hydrogens is 254 g/mol. The van der Waals surface area contributed by atoms with Crippen LogP contribution >= 0.6 is 0 Å². The van der Waals surface area contributed by atoms with Gasteiger partial charge in [0, 0.05) is 11.6 Å². The topological polar surface area (TPSA) is 47.6 Å². The third-order valence-corrected chi connectivity index (χ3v) is 3.58. The molecule has 1 amide bonds. The van der Waals surface area contributed by atoms with Crippen molar-refractivity contribution in [2.45, 2.75) is 45.1 Å². The molecule has 0 atom stereocenters. The Morgan fingerprint density at radius 2 is 2.05 bits per heavy atom. The molecule has 1 fully saturated rings. The molecule has 1 aliphatic rings. The van der Waals surface area contributed by atoms with E-state index < -0.39 is 0 Å². The molecule has 0 heterocycles. The monoisotopic (exact) mass is 277 g/mol. The van der Waals surface area contributed by atoms with Crippen molar-refractivity contribution in [1.29, 1.82) is 0 Å². The molecule has 0 saturated heterocycles. The van der Waals surface area contributed by atoms with Crippen molar-refractivity contribution in [3.8, 4) is 11.5 Å². The van der Waals surface area contributed by atoms with Crippen LogP contribution < -0.4 is 14.8 Å². The minimum Gasteiger partial charge on any atom is -0.493 e. The number of methoxy groups -OCH3 is 1. The fourth-order valence-corrected chi connectivity index (χ4v) is 2.48. The Hall–Kier alpha value is -1.71. The summed E-state index contributed by atoms with van der Waals surface area (Å²) >= 11 is 0. The quantitative estimate of drug-likeness (QED) is 0.869. The largest absolute Gasteiger partial charge is 0.493 e. The molecule has 0 unspecified atom stereocenters. The summed E-state index contributed by atoms with van der Waals surface area (Å²) in [6.45, 7) is 2.69. The van der Waals surface area contributed by atoms with Crippen molar-refractivity contribution in [1.82, 2.24) is 5.32 Å². The van der Waals surface area contributed by atoms with Crippen LogP contribution in [-0.2, 0) is 0 Å². The molecule has 110 valence electrons. The fraction of sp³-hybridized carbons (Fsp3) is 0.562. The van der Waals surface area contributed by atoms with Crippen LogP contribution in [0.5, 0.6) is 11.5 Å². The molecule has 0 radical (unpaired) electrons. The third kappa shape index (κ3) is 3.65.